The third-order valence-electron chi connectivity index (χ3n) is 1.61. The lowest BCUT2D eigenvalue weighted by Crippen LogP contribution is -1.77. The molecule has 11 heavy (non-hydrogen) atoms. The number of aromatic nitrogens is 3. The van der Waals surface area contributed by atoms with Crippen molar-refractivity contribution in [2.24, 2.45) is 0 Å². The van der Waals surface area contributed by atoms with E-state index in [-0.39, 0.29) is 0 Å². The van der Waals surface area contributed by atoms with Gasteiger partial charge >= 0.3 is 0 Å². The van der Waals surface area contributed by atoms with Crippen molar-refractivity contribution >= 4 is 26.8 Å². The molecule has 0 fully saturated rings. The van der Waals surface area contributed by atoms with Crippen molar-refractivity contribution in [1.82, 2.24) is 15.2 Å². The molecule has 0 aliphatic rings. The number of pyridine rings is 1. The fraction of sp³-hybridized carbons (Fsp3) is 0.143. The van der Waals surface area contributed by atoms with Crippen molar-refractivity contribution < 1.29 is 0 Å². The molecule has 0 spiro atoms. The van der Waals surface area contributed by atoms with Crippen molar-refractivity contribution in [2.75, 3.05) is 0 Å². The molecule has 0 saturated carbocycles. The molecule has 2 heterocycles. The van der Waals surface area contributed by atoms with Crippen LogP contribution in [-0.4, -0.2) is 15.2 Å². The Kier molecular flexibility index (Phi) is 1.42. The number of H-pyrrole nitrogens is 1. The molecule has 3 nitrogen and oxygen atoms in total. The lowest BCUT2D eigenvalue weighted by molar-refractivity contribution is 1.09. The minimum atomic E-state index is 0.900. The van der Waals surface area contributed by atoms with Gasteiger partial charge in [0.15, 0.2) is 0 Å². The Labute approximate surface area is 72.0 Å². The van der Waals surface area contributed by atoms with E-state index in [1.807, 2.05) is 13.1 Å². The zero-order valence-electron chi connectivity index (χ0n) is 5.93. The van der Waals surface area contributed by atoms with Crippen LogP contribution in [-0.2, 0) is 0 Å². The fourth-order valence-corrected chi connectivity index (χ4v) is 1.69. The maximum absolute atomic E-state index is 4.04. The molecule has 0 saturated heterocycles. The van der Waals surface area contributed by atoms with Gasteiger partial charge in [0.1, 0.15) is 10.1 Å². The number of aromatic amines is 1. The zero-order valence-corrected chi connectivity index (χ0v) is 7.51. The van der Waals surface area contributed by atoms with Crippen LogP contribution < -0.4 is 0 Å². The number of fused-ring (bicyclic) bond motifs is 1. The van der Waals surface area contributed by atoms with Gasteiger partial charge in [-0.3, -0.25) is 10.1 Å². The number of nitrogens with zero attached hydrogens (tertiary/aromatic N) is 2. The van der Waals surface area contributed by atoms with Gasteiger partial charge in [-0.15, -0.1) is 0 Å². The van der Waals surface area contributed by atoms with E-state index in [0.29, 0.717) is 0 Å². The van der Waals surface area contributed by atoms with E-state index in [2.05, 4.69) is 31.1 Å². The third kappa shape index (κ3) is 0.939. The lowest BCUT2D eigenvalue weighted by atomic mass is 10.2. The standard InChI is InChI=1S/C7H6BrN3/c1-4-2-9-3-5-6(4)7(8)11-10-5/h2-3H,1H3,(H,10,11). The Hall–Kier alpha value is -0.900. The predicted molar refractivity (Wildman–Crippen MR) is 46.3 cm³/mol. The van der Waals surface area contributed by atoms with Crippen LogP contribution in [0.25, 0.3) is 10.9 Å². The van der Waals surface area contributed by atoms with Crippen molar-refractivity contribution in [1.29, 1.82) is 0 Å². The normalized spacial score (nSPS) is 10.7. The van der Waals surface area contributed by atoms with E-state index in [4.69, 9.17) is 0 Å². The van der Waals surface area contributed by atoms with Gasteiger partial charge in [-0.05, 0) is 28.4 Å². The largest absolute Gasteiger partial charge is 0.270 e. The first-order chi connectivity index (χ1) is 5.29. The van der Waals surface area contributed by atoms with E-state index in [1.54, 1.807) is 6.20 Å². The summed E-state index contributed by atoms with van der Waals surface area (Å²) >= 11 is 3.37. The smallest absolute Gasteiger partial charge is 0.112 e. The van der Waals surface area contributed by atoms with Crippen molar-refractivity contribution in [3.8, 4) is 0 Å². The minimum absolute atomic E-state index is 0.900. The van der Waals surface area contributed by atoms with Crippen LogP contribution >= 0.6 is 15.9 Å². The highest BCUT2D eigenvalue weighted by molar-refractivity contribution is 9.10. The third-order valence-corrected chi connectivity index (χ3v) is 2.18. The van der Waals surface area contributed by atoms with Gasteiger partial charge in [-0.2, -0.15) is 5.10 Å². The summed E-state index contributed by atoms with van der Waals surface area (Å²) in [5.41, 5.74) is 2.03. The molecule has 0 amide bonds. The lowest BCUT2D eigenvalue weighted by Gasteiger charge is -1.91. The molecule has 2 aromatic heterocycles. The molecule has 0 radical (unpaired) electrons. The van der Waals surface area contributed by atoms with E-state index in [9.17, 15) is 0 Å². The van der Waals surface area contributed by atoms with Gasteiger partial charge in [0, 0.05) is 11.6 Å². The molecule has 2 aromatic rings. The number of hydrogen-bond donors (Lipinski definition) is 1. The topological polar surface area (TPSA) is 41.6 Å². The van der Waals surface area contributed by atoms with Gasteiger partial charge in [-0.1, -0.05) is 0 Å². The Morgan fingerprint density at radius 1 is 1.45 bits per heavy atom. The van der Waals surface area contributed by atoms with Crippen LogP contribution in [0, 0.1) is 6.92 Å². The van der Waals surface area contributed by atoms with E-state index in [0.717, 1.165) is 21.1 Å². The zero-order chi connectivity index (χ0) is 7.84. The first-order valence-electron chi connectivity index (χ1n) is 3.23. The molecule has 2 rings (SSSR count). The summed E-state index contributed by atoms with van der Waals surface area (Å²) < 4.78 is 0.924. The summed E-state index contributed by atoms with van der Waals surface area (Å²) in [7, 11) is 0. The van der Waals surface area contributed by atoms with Crippen LogP contribution in [0.2, 0.25) is 0 Å². The Balaban J connectivity index is 2.96. The van der Waals surface area contributed by atoms with Gasteiger partial charge in [-0.25, -0.2) is 0 Å². The molecule has 0 atom stereocenters. The van der Waals surface area contributed by atoms with Gasteiger partial charge in [0.05, 0.1) is 6.20 Å². The molecule has 1 N–H and O–H groups in total. The average Bonchev–Trinajstić information content (AvgIpc) is 2.34. The molecule has 0 aliphatic carbocycles. The highest BCUT2D eigenvalue weighted by atomic mass is 79.9. The van der Waals surface area contributed by atoms with E-state index < -0.39 is 0 Å². The summed E-state index contributed by atoms with van der Waals surface area (Å²) in [6.07, 6.45) is 3.56. The molecular weight excluding hydrogens is 206 g/mol. The molecular formula is C7H6BrN3. The van der Waals surface area contributed by atoms with Crippen LogP contribution in [0.1, 0.15) is 5.56 Å². The van der Waals surface area contributed by atoms with Crippen LogP contribution in [0.5, 0.6) is 0 Å². The summed E-state index contributed by atoms with van der Waals surface area (Å²) in [4.78, 5) is 4.02. The fourth-order valence-electron chi connectivity index (χ4n) is 1.09. The molecule has 0 unspecified atom stereocenters. The summed E-state index contributed by atoms with van der Waals surface area (Å²) in [5, 5.41) is 8.00. The first kappa shape index (κ1) is 6.79. The quantitative estimate of drug-likeness (QED) is 0.725. The van der Waals surface area contributed by atoms with Crippen molar-refractivity contribution in [3.63, 3.8) is 0 Å². The molecule has 4 heteroatoms. The second kappa shape index (κ2) is 2.30. The van der Waals surface area contributed by atoms with Crippen LogP contribution in [0.3, 0.4) is 0 Å². The Morgan fingerprint density at radius 3 is 3.00 bits per heavy atom. The van der Waals surface area contributed by atoms with E-state index in [1.165, 1.54) is 0 Å². The molecule has 0 bridgehead atoms. The number of rotatable bonds is 0. The Bertz CT molecular complexity index is 393. The maximum atomic E-state index is 4.04. The average molecular weight is 212 g/mol. The summed E-state index contributed by atoms with van der Waals surface area (Å²) in [5.74, 6) is 0. The van der Waals surface area contributed by atoms with Gasteiger partial charge in [0.2, 0.25) is 0 Å². The highest BCUT2D eigenvalue weighted by Crippen LogP contribution is 2.22. The SMILES string of the molecule is Cc1cncc2n[nH]c(Br)c12. The van der Waals surface area contributed by atoms with Crippen molar-refractivity contribution in [3.05, 3.63) is 22.6 Å². The Morgan fingerprint density at radius 2 is 2.27 bits per heavy atom. The summed E-state index contributed by atoms with van der Waals surface area (Å²) in [6, 6.07) is 0. The van der Waals surface area contributed by atoms with Crippen molar-refractivity contribution in [2.45, 2.75) is 6.92 Å². The van der Waals surface area contributed by atoms with Gasteiger partial charge < -0.3 is 0 Å². The molecule has 56 valence electrons. The van der Waals surface area contributed by atoms with Crippen LogP contribution in [0.15, 0.2) is 17.0 Å². The number of hydrogen-bond acceptors (Lipinski definition) is 2. The second-order valence-corrected chi connectivity index (χ2v) is 3.18. The first-order valence-corrected chi connectivity index (χ1v) is 4.02. The minimum Gasteiger partial charge on any atom is -0.270 e. The van der Waals surface area contributed by atoms with E-state index >= 15 is 0 Å². The predicted octanol–water partition coefficient (Wildman–Crippen LogP) is 2.03. The number of nitrogens with one attached hydrogen (secondary N) is 1. The van der Waals surface area contributed by atoms with Crippen LogP contribution in [0.4, 0.5) is 0 Å². The molecule has 0 aromatic carbocycles. The highest BCUT2D eigenvalue weighted by Gasteiger charge is 2.03. The number of aryl methyl sites for hydroxylation is 1. The molecule has 0 aliphatic heterocycles. The number of halogens is 1. The maximum Gasteiger partial charge on any atom is 0.112 e. The second-order valence-electron chi connectivity index (χ2n) is 2.39. The monoisotopic (exact) mass is 211 g/mol. The van der Waals surface area contributed by atoms with Gasteiger partial charge in [0.25, 0.3) is 0 Å². The summed E-state index contributed by atoms with van der Waals surface area (Å²) in [6.45, 7) is 2.01.